The van der Waals surface area contributed by atoms with Crippen LogP contribution in [-0.4, -0.2) is 9.55 Å². The van der Waals surface area contributed by atoms with Gasteiger partial charge in [0, 0.05) is 18.3 Å². The van der Waals surface area contributed by atoms with Crippen LogP contribution in [0.3, 0.4) is 0 Å². The molecule has 1 aromatic heterocycles. The Labute approximate surface area is 92.7 Å². The molecule has 0 aliphatic carbocycles. The van der Waals surface area contributed by atoms with Gasteiger partial charge in [-0.1, -0.05) is 27.7 Å². The lowest BCUT2D eigenvalue weighted by Gasteiger charge is -2.24. The van der Waals surface area contributed by atoms with E-state index in [2.05, 4.69) is 44.2 Å². The minimum Gasteiger partial charge on any atom is -0.330 e. The molecule has 0 saturated carbocycles. The second kappa shape index (κ2) is 4.79. The first kappa shape index (κ1) is 12.2. The van der Waals surface area contributed by atoms with Gasteiger partial charge >= 0.3 is 0 Å². The predicted octanol–water partition coefficient (Wildman–Crippen LogP) is 2.76. The molecule has 0 radical (unpaired) electrons. The molecule has 0 bridgehead atoms. The Morgan fingerprint density at radius 3 is 2.20 bits per heavy atom. The molecule has 0 saturated heterocycles. The summed E-state index contributed by atoms with van der Waals surface area (Å²) in [6.07, 6.45) is 3.78. The van der Waals surface area contributed by atoms with Crippen LogP contribution in [0.15, 0.2) is 12.5 Å². The molecule has 2 N–H and O–H groups in total. The maximum Gasteiger partial charge on any atom is 0.0951 e. The van der Waals surface area contributed by atoms with E-state index in [1.165, 1.54) is 0 Å². The summed E-state index contributed by atoms with van der Waals surface area (Å²) >= 11 is 0. The molecule has 1 aromatic rings. The number of aromatic nitrogens is 2. The van der Waals surface area contributed by atoms with Crippen LogP contribution in [0.2, 0.25) is 0 Å². The fourth-order valence-corrected chi connectivity index (χ4v) is 1.58. The van der Waals surface area contributed by atoms with Crippen LogP contribution in [0.1, 0.15) is 52.4 Å². The quantitative estimate of drug-likeness (QED) is 0.828. The van der Waals surface area contributed by atoms with E-state index >= 15 is 0 Å². The summed E-state index contributed by atoms with van der Waals surface area (Å²) in [6.45, 7) is 10.9. The van der Waals surface area contributed by atoms with E-state index in [1.54, 1.807) is 0 Å². The second-order valence-corrected chi connectivity index (χ2v) is 4.98. The third-order valence-corrected chi connectivity index (χ3v) is 3.16. The molecule has 3 nitrogen and oxygen atoms in total. The van der Waals surface area contributed by atoms with Gasteiger partial charge in [-0.3, -0.25) is 0 Å². The van der Waals surface area contributed by atoms with E-state index in [1.807, 2.05) is 12.5 Å². The van der Waals surface area contributed by atoms with E-state index in [9.17, 15) is 0 Å². The molecule has 3 heteroatoms. The summed E-state index contributed by atoms with van der Waals surface area (Å²) in [6, 6.07) is 0.529. The highest BCUT2D eigenvalue weighted by atomic mass is 15.1. The lowest BCUT2D eigenvalue weighted by atomic mass is 10.0. The molecule has 0 amide bonds. The molecule has 0 spiro atoms. The van der Waals surface area contributed by atoms with E-state index in [4.69, 9.17) is 5.73 Å². The largest absolute Gasteiger partial charge is 0.330 e. The minimum atomic E-state index is 0.0775. The number of nitrogens with two attached hydrogens (primary N) is 1. The van der Waals surface area contributed by atoms with Crippen LogP contribution in [0.25, 0.3) is 0 Å². The molecule has 86 valence electrons. The van der Waals surface area contributed by atoms with Crippen molar-refractivity contribution in [3.8, 4) is 0 Å². The average molecular weight is 209 g/mol. The van der Waals surface area contributed by atoms with Crippen LogP contribution in [0.4, 0.5) is 0 Å². The standard InChI is InChI=1S/C12H23N3/c1-8(2)10(5)15-7-14-6-11(15)12(13)9(3)4/h6-10,12H,13H2,1-5H3. The van der Waals surface area contributed by atoms with Gasteiger partial charge in [0.25, 0.3) is 0 Å². The molecule has 2 unspecified atom stereocenters. The van der Waals surface area contributed by atoms with Crippen molar-refractivity contribution in [1.29, 1.82) is 0 Å². The lowest BCUT2D eigenvalue weighted by Crippen LogP contribution is -2.23. The van der Waals surface area contributed by atoms with Gasteiger partial charge in [0.05, 0.1) is 12.0 Å². The number of hydrogen-bond acceptors (Lipinski definition) is 2. The van der Waals surface area contributed by atoms with Crippen molar-refractivity contribution >= 4 is 0 Å². The summed E-state index contributed by atoms with van der Waals surface area (Å²) in [5.74, 6) is 1.04. The monoisotopic (exact) mass is 209 g/mol. The highest BCUT2D eigenvalue weighted by Crippen LogP contribution is 2.24. The Hall–Kier alpha value is -0.830. The van der Waals surface area contributed by atoms with Gasteiger partial charge in [-0.2, -0.15) is 0 Å². The van der Waals surface area contributed by atoms with Crippen molar-refractivity contribution in [2.45, 2.75) is 46.7 Å². The SMILES string of the molecule is CC(C)C(N)c1cncn1C(C)C(C)C. The maximum absolute atomic E-state index is 6.16. The maximum atomic E-state index is 6.16. The first-order chi connectivity index (χ1) is 6.95. The van der Waals surface area contributed by atoms with E-state index in [0.29, 0.717) is 17.9 Å². The van der Waals surface area contributed by atoms with E-state index in [0.717, 1.165) is 5.69 Å². The molecule has 0 aromatic carbocycles. The molecule has 0 aliphatic rings. The summed E-state index contributed by atoms with van der Waals surface area (Å²) in [4.78, 5) is 4.21. The topological polar surface area (TPSA) is 43.8 Å². The Kier molecular flexibility index (Phi) is 3.91. The number of hydrogen-bond donors (Lipinski definition) is 1. The zero-order chi connectivity index (χ0) is 11.6. The van der Waals surface area contributed by atoms with Crippen LogP contribution < -0.4 is 5.73 Å². The van der Waals surface area contributed by atoms with Gasteiger partial charge in [0.2, 0.25) is 0 Å². The summed E-state index contributed by atoms with van der Waals surface area (Å²) in [5.41, 5.74) is 7.30. The third-order valence-electron chi connectivity index (χ3n) is 3.16. The van der Waals surface area contributed by atoms with Gasteiger partial charge in [-0.25, -0.2) is 4.98 Å². The third kappa shape index (κ3) is 2.59. The fraction of sp³-hybridized carbons (Fsp3) is 0.750. The molecule has 0 fully saturated rings. The highest BCUT2D eigenvalue weighted by molar-refractivity contribution is 5.07. The van der Waals surface area contributed by atoms with Gasteiger partial charge in [-0.15, -0.1) is 0 Å². The second-order valence-electron chi connectivity index (χ2n) is 4.98. The molecular formula is C12H23N3. The first-order valence-electron chi connectivity index (χ1n) is 5.72. The van der Waals surface area contributed by atoms with Crippen molar-refractivity contribution in [2.24, 2.45) is 17.6 Å². The van der Waals surface area contributed by atoms with Crippen molar-refractivity contribution < 1.29 is 0 Å². The van der Waals surface area contributed by atoms with Crippen LogP contribution in [0.5, 0.6) is 0 Å². The van der Waals surface area contributed by atoms with Crippen molar-refractivity contribution in [2.75, 3.05) is 0 Å². The summed E-state index contributed by atoms with van der Waals surface area (Å²) in [7, 11) is 0. The Bertz CT molecular complexity index is 273. The van der Waals surface area contributed by atoms with Crippen molar-refractivity contribution in [3.63, 3.8) is 0 Å². The molecular weight excluding hydrogens is 186 g/mol. The first-order valence-corrected chi connectivity index (χ1v) is 5.72. The highest BCUT2D eigenvalue weighted by Gasteiger charge is 2.19. The summed E-state index contributed by atoms with van der Waals surface area (Å²) in [5, 5.41) is 0. The molecule has 1 heterocycles. The Balaban J connectivity index is 2.96. The predicted molar refractivity (Wildman–Crippen MR) is 63.5 cm³/mol. The molecule has 15 heavy (non-hydrogen) atoms. The Morgan fingerprint density at radius 2 is 1.73 bits per heavy atom. The number of rotatable bonds is 4. The van der Waals surface area contributed by atoms with Crippen molar-refractivity contribution in [3.05, 3.63) is 18.2 Å². The lowest BCUT2D eigenvalue weighted by molar-refractivity contribution is 0.376. The molecule has 1 rings (SSSR count). The summed E-state index contributed by atoms with van der Waals surface area (Å²) < 4.78 is 2.20. The van der Waals surface area contributed by atoms with E-state index in [-0.39, 0.29) is 6.04 Å². The smallest absolute Gasteiger partial charge is 0.0951 e. The normalized spacial score (nSPS) is 16.0. The van der Waals surface area contributed by atoms with E-state index < -0.39 is 0 Å². The molecule has 0 aliphatic heterocycles. The van der Waals surface area contributed by atoms with Gasteiger partial charge in [-0.05, 0) is 18.8 Å². The number of imidazole rings is 1. The van der Waals surface area contributed by atoms with Gasteiger partial charge < -0.3 is 10.3 Å². The van der Waals surface area contributed by atoms with Crippen molar-refractivity contribution in [1.82, 2.24) is 9.55 Å². The van der Waals surface area contributed by atoms with Gasteiger partial charge in [0.1, 0.15) is 0 Å². The zero-order valence-electron chi connectivity index (χ0n) is 10.4. The fourth-order valence-electron chi connectivity index (χ4n) is 1.58. The minimum absolute atomic E-state index is 0.0775. The zero-order valence-corrected chi connectivity index (χ0v) is 10.4. The van der Waals surface area contributed by atoms with Gasteiger partial charge in [0.15, 0.2) is 0 Å². The molecule has 2 atom stereocenters. The Morgan fingerprint density at radius 1 is 1.13 bits per heavy atom. The average Bonchev–Trinajstić information content (AvgIpc) is 2.63. The van der Waals surface area contributed by atoms with Crippen LogP contribution in [-0.2, 0) is 0 Å². The number of nitrogens with zero attached hydrogens (tertiary/aromatic N) is 2. The van der Waals surface area contributed by atoms with Crippen LogP contribution in [0, 0.1) is 11.8 Å². The van der Waals surface area contributed by atoms with Crippen LogP contribution >= 0.6 is 0 Å².